The predicted octanol–water partition coefficient (Wildman–Crippen LogP) is 2.21. The third kappa shape index (κ3) is 3.53. The van der Waals surface area contributed by atoms with Gasteiger partial charge in [-0.3, -0.25) is 4.79 Å². The molecule has 0 aromatic heterocycles. The van der Waals surface area contributed by atoms with Crippen LogP contribution in [0, 0.1) is 5.92 Å². The Morgan fingerprint density at radius 3 is 2.65 bits per heavy atom. The molecule has 0 bridgehead atoms. The van der Waals surface area contributed by atoms with Gasteiger partial charge in [0.25, 0.3) is 0 Å². The number of urea groups is 1. The van der Waals surface area contributed by atoms with Crippen LogP contribution < -0.4 is 10.6 Å². The first kappa shape index (κ1) is 14.9. The van der Waals surface area contributed by atoms with Crippen molar-refractivity contribution in [1.29, 1.82) is 0 Å². The number of amides is 2. The molecule has 2 atom stereocenters. The lowest BCUT2D eigenvalue weighted by atomic mass is 10.0. The van der Waals surface area contributed by atoms with E-state index < -0.39 is 24.0 Å². The van der Waals surface area contributed by atoms with Crippen LogP contribution in [0.4, 0.5) is 10.5 Å². The van der Waals surface area contributed by atoms with E-state index in [1.54, 1.807) is 12.1 Å². The van der Waals surface area contributed by atoms with Crippen LogP contribution in [0.2, 0.25) is 10.0 Å². The molecule has 3 N–H and O–H groups in total. The number of hydrogen-bond donors (Lipinski definition) is 3. The summed E-state index contributed by atoms with van der Waals surface area (Å²) in [6.07, 6.45) is 0. The molecule has 8 heteroatoms. The smallest absolute Gasteiger partial charge is 0.319 e. The monoisotopic (exact) mass is 318 g/mol. The highest BCUT2D eigenvalue weighted by molar-refractivity contribution is 6.42. The SMILES string of the molecule is O=C(Nc1ccc(Cl)c(Cl)c1)NC1COCC1C(=O)O. The number of hydrogen-bond acceptors (Lipinski definition) is 3. The van der Waals surface area contributed by atoms with Crippen molar-refractivity contribution in [3.63, 3.8) is 0 Å². The average Bonchev–Trinajstić information content (AvgIpc) is 2.82. The number of carboxylic acid groups (broad SMARTS) is 1. The van der Waals surface area contributed by atoms with Gasteiger partial charge in [-0.15, -0.1) is 0 Å². The lowest BCUT2D eigenvalue weighted by molar-refractivity contribution is -0.142. The highest BCUT2D eigenvalue weighted by Crippen LogP contribution is 2.25. The van der Waals surface area contributed by atoms with Crippen LogP contribution in [-0.2, 0) is 9.53 Å². The van der Waals surface area contributed by atoms with Crippen LogP contribution in [0.15, 0.2) is 18.2 Å². The van der Waals surface area contributed by atoms with Gasteiger partial charge in [0.05, 0.1) is 29.3 Å². The number of carboxylic acids is 1. The van der Waals surface area contributed by atoms with Crippen LogP contribution in [-0.4, -0.2) is 36.4 Å². The van der Waals surface area contributed by atoms with E-state index in [1.807, 2.05) is 0 Å². The second-order valence-electron chi connectivity index (χ2n) is 4.32. The van der Waals surface area contributed by atoms with Gasteiger partial charge in [0, 0.05) is 5.69 Å². The number of aliphatic carboxylic acids is 1. The van der Waals surface area contributed by atoms with Gasteiger partial charge in [-0.1, -0.05) is 23.2 Å². The molecular weight excluding hydrogens is 307 g/mol. The number of ether oxygens (including phenoxy) is 1. The second-order valence-corrected chi connectivity index (χ2v) is 5.13. The topological polar surface area (TPSA) is 87.7 Å². The molecule has 20 heavy (non-hydrogen) atoms. The van der Waals surface area contributed by atoms with Gasteiger partial charge in [-0.05, 0) is 18.2 Å². The van der Waals surface area contributed by atoms with Crippen molar-refractivity contribution in [2.75, 3.05) is 18.5 Å². The third-order valence-corrected chi connectivity index (χ3v) is 3.63. The maximum Gasteiger partial charge on any atom is 0.319 e. The Balaban J connectivity index is 1.95. The minimum Gasteiger partial charge on any atom is -0.481 e. The van der Waals surface area contributed by atoms with E-state index in [4.69, 9.17) is 33.0 Å². The Morgan fingerprint density at radius 2 is 2.00 bits per heavy atom. The maximum absolute atomic E-state index is 11.8. The molecule has 2 rings (SSSR count). The van der Waals surface area contributed by atoms with Crippen LogP contribution in [0.5, 0.6) is 0 Å². The summed E-state index contributed by atoms with van der Waals surface area (Å²) in [5.74, 6) is -1.74. The molecule has 1 aliphatic rings. The number of anilines is 1. The minimum absolute atomic E-state index is 0.0903. The van der Waals surface area contributed by atoms with Crippen molar-refractivity contribution in [2.45, 2.75) is 6.04 Å². The van der Waals surface area contributed by atoms with Gasteiger partial charge in [-0.25, -0.2) is 4.79 Å². The molecule has 1 saturated heterocycles. The standard InChI is InChI=1S/C12H12Cl2N2O4/c13-8-2-1-6(3-9(8)14)15-12(19)16-10-5-20-4-7(10)11(17)18/h1-3,7,10H,4-5H2,(H,17,18)(H2,15,16,19). The Hall–Kier alpha value is -1.50. The zero-order valence-corrected chi connectivity index (χ0v) is 11.7. The van der Waals surface area contributed by atoms with Crippen molar-refractivity contribution in [3.8, 4) is 0 Å². The Morgan fingerprint density at radius 1 is 1.25 bits per heavy atom. The summed E-state index contributed by atoms with van der Waals surface area (Å²) in [4.78, 5) is 22.7. The van der Waals surface area contributed by atoms with E-state index in [0.29, 0.717) is 15.7 Å². The van der Waals surface area contributed by atoms with E-state index in [0.717, 1.165) is 0 Å². The lowest BCUT2D eigenvalue weighted by Gasteiger charge is -2.16. The lowest BCUT2D eigenvalue weighted by Crippen LogP contribution is -2.44. The molecule has 2 amide bonds. The summed E-state index contributed by atoms with van der Waals surface area (Å²) < 4.78 is 5.06. The highest BCUT2D eigenvalue weighted by Gasteiger charge is 2.35. The van der Waals surface area contributed by atoms with E-state index in [2.05, 4.69) is 10.6 Å². The molecular formula is C12H12Cl2N2O4. The van der Waals surface area contributed by atoms with Gasteiger partial charge in [0.1, 0.15) is 5.92 Å². The van der Waals surface area contributed by atoms with Crippen molar-refractivity contribution < 1.29 is 19.4 Å². The fourth-order valence-corrected chi connectivity index (χ4v) is 2.15. The Bertz CT molecular complexity index is 538. The molecule has 1 heterocycles. The number of benzene rings is 1. The quantitative estimate of drug-likeness (QED) is 0.797. The predicted molar refractivity (Wildman–Crippen MR) is 74.3 cm³/mol. The number of halogens is 2. The molecule has 0 saturated carbocycles. The summed E-state index contributed by atoms with van der Waals surface area (Å²) in [6.45, 7) is 0.263. The first-order chi connectivity index (χ1) is 9.47. The zero-order valence-electron chi connectivity index (χ0n) is 10.2. The largest absolute Gasteiger partial charge is 0.481 e. The first-order valence-corrected chi connectivity index (χ1v) is 6.56. The van der Waals surface area contributed by atoms with Crippen molar-refractivity contribution >= 4 is 40.9 Å². The summed E-state index contributed by atoms with van der Waals surface area (Å²) in [6, 6.07) is 3.57. The minimum atomic E-state index is -0.998. The molecule has 6 nitrogen and oxygen atoms in total. The number of rotatable bonds is 3. The Labute approximate surface area is 125 Å². The fraction of sp³-hybridized carbons (Fsp3) is 0.333. The van der Waals surface area contributed by atoms with Gasteiger partial charge in [-0.2, -0.15) is 0 Å². The molecule has 1 aromatic carbocycles. The number of carbonyl (C=O) groups excluding carboxylic acids is 1. The molecule has 1 aliphatic heterocycles. The van der Waals surface area contributed by atoms with Gasteiger partial charge in [0.15, 0.2) is 0 Å². The normalized spacial score (nSPS) is 21.5. The van der Waals surface area contributed by atoms with Crippen molar-refractivity contribution in [1.82, 2.24) is 5.32 Å². The van der Waals surface area contributed by atoms with Crippen molar-refractivity contribution in [3.05, 3.63) is 28.2 Å². The van der Waals surface area contributed by atoms with Crippen LogP contribution >= 0.6 is 23.2 Å². The molecule has 0 radical (unpaired) electrons. The molecule has 0 aliphatic carbocycles. The molecule has 2 unspecified atom stereocenters. The highest BCUT2D eigenvalue weighted by atomic mass is 35.5. The van der Waals surface area contributed by atoms with Gasteiger partial charge < -0.3 is 20.5 Å². The van der Waals surface area contributed by atoms with Gasteiger partial charge >= 0.3 is 12.0 Å². The van der Waals surface area contributed by atoms with E-state index in [9.17, 15) is 9.59 Å². The zero-order chi connectivity index (χ0) is 14.7. The summed E-state index contributed by atoms with van der Waals surface area (Å²) in [7, 11) is 0. The van der Waals surface area contributed by atoms with Crippen LogP contribution in [0.3, 0.4) is 0 Å². The van der Waals surface area contributed by atoms with Crippen LogP contribution in [0.25, 0.3) is 0 Å². The summed E-state index contributed by atoms with van der Waals surface area (Å²) >= 11 is 11.6. The summed E-state index contributed by atoms with van der Waals surface area (Å²) in [5, 5.41) is 14.8. The van der Waals surface area contributed by atoms with E-state index >= 15 is 0 Å². The number of nitrogens with one attached hydrogen (secondary N) is 2. The number of carbonyl (C=O) groups is 2. The van der Waals surface area contributed by atoms with Crippen molar-refractivity contribution in [2.24, 2.45) is 5.92 Å². The first-order valence-electron chi connectivity index (χ1n) is 5.80. The van der Waals surface area contributed by atoms with E-state index in [1.165, 1.54) is 6.07 Å². The molecule has 1 fully saturated rings. The fourth-order valence-electron chi connectivity index (χ4n) is 1.85. The van der Waals surface area contributed by atoms with Crippen LogP contribution in [0.1, 0.15) is 0 Å². The van der Waals surface area contributed by atoms with Gasteiger partial charge in [0.2, 0.25) is 0 Å². The Kier molecular flexibility index (Phi) is 4.69. The average molecular weight is 319 g/mol. The molecule has 1 aromatic rings. The molecule has 0 spiro atoms. The summed E-state index contributed by atoms with van der Waals surface area (Å²) in [5.41, 5.74) is 0.461. The second kappa shape index (κ2) is 6.30. The molecule has 108 valence electrons. The van der Waals surface area contributed by atoms with E-state index in [-0.39, 0.29) is 13.2 Å². The maximum atomic E-state index is 11.8. The third-order valence-electron chi connectivity index (χ3n) is 2.89.